The molecular weight excluding hydrogens is 1190 g/mol. The number of aliphatic carboxylic acids is 2. The van der Waals surface area contributed by atoms with Crippen LogP contribution in [0.5, 0.6) is 11.5 Å². The first-order chi connectivity index (χ1) is 41.9. The van der Waals surface area contributed by atoms with Gasteiger partial charge in [-0.05, 0) is 87.0 Å². The molecule has 4 rings (SSSR count). The number of ether oxygens (including phenoxy) is 2. The smallest absolute Gasteiger partial charge is 0.326 e. The van der Waals surface area contributed by atoms with Crippen molar-refractivity contribution in [2.45, 2.75) is 119 Å². The number of aromatic nitrogens is 5. The van der Waals surface area contributed by atoms with Crippen molar-refractivity contribution in [3.05, 3.63) is 71.5 Å². The second-order valence-corrected chi connectivity index (χ2v) is 23.2. The van der Waals surface area contributed by atoms with Gasteiger partial charge in [-0.15, -0.1) is 15.3 Å². The summed E-state index contributed by atoms with van der Waals surface area (Å²) in [6.07, 6.45) is 2.16. The Morgan fingerprint density at radius 2 is 1.26 bits per heavy atom. The van der Waals surface area contributed by atoms with Crippen LogP contribution in [0.15, 0.2) is 59.1 Å². The molecule has 0 spiro atoms. The lowest BCUT2D eigenvalue weighted by atomic mass is 9.73. The third-order valence-electron chi connectivity index (χ3n) is 13.8. The highest BCUT2D eigenvalue weighted by molar-refractivity contribution is 7.91. The summed E-state index contributed by atoms with van der Waals surface area (Å²) in [6.45, 7) is 10.1. The monoisotopic (exact) mass is 1270 g/mol. The summed E-state index contributed by atoms with van der Waals surface area (Å²) < 4.78 is 35.2. The Kier molecular flexibility index (Phi) is 30.9. The van der Waals surface area contributed by atoms with Gasteiger partial charge in [-0.3, -0.25) is 43.2 Å². The van der Waals surface area contributed by atoms with Crippen molar-refractivity contribution in [3.63, 3.8) is 0 Å². The number of carboxylic acids is 2. The van der Waals surface area contributed by atoms with E-state index in [9.17, 15) is 72.0 Å². The normalized spacial score (nSPS) is 12.6. The van der Waals surface area contributed by atoms with Gasteiger partial charge in [-0.1, -0.05) is 61.6 Å². The van der Waals surface area contributed by atoms with Gasteiger partial charge in [0.2, 0.25) is 44.9 Å². The molecular formula is C55H80N14O17S2. The number of carboxylic acid groups (broad SMARTS) is 2. The van der Waals surface area contributed by atoms with Crippen LogP contribution in [0.1, 0.15) is 95.4 Å². The summed E-state index contributed by atoms with van der Waals surface area (Å²) in [5, 5.41) is 75.1. The number of carbonyl (C=O) groups excluding carboxylic acids is 7. The van der Waals surface area contributed by atoms with E-state index in [-0.39, 0.29) is 94.3 Å². The van der Waals surface area contributed by atoms with Crippen molar-refractivity contribution in [1.29, 1.82) is 0 Å². The number of amides is 6. The molecule has 0 aliphatic carbocycles. The maximum atomic E-state index is 13.6. The average Bonchev–Trinajstić information content (AvgIpc) is 1.79. The molecule has 0 saturated carbocycles. The number of unbranched alkanes of at least 4 members (excludes halogenated alkanes) is 1. The predicted octanol–water partition coefficient (Wildman–Crippen LogP) is -0.382. The number of phenolic OH excluding ortho intramolecular Hbond substituents is 2. The first kappa shape index (κ1) is 72.4. The molecule has 0 radical (unpaired) electrons. The van der Waals surface area contributed by atoms with E-state index < -0.39 is 92.2 Å². The van der Waals surface area contributed by atoms with Gasteiger partial charge < -0.3 is 66.6 Å². The van der Waals surface area contributed by atoms with E-state index in [2.05, 4.69) is 52.4 Å². The number of carbonyl (C=O) groups is 9. The van der Waals surface area contributed by atoms with Crippen LogP contribution in [0.25, 0.3) is 0 Å². The number of primary sulfonamides is 1. The molecule has 2 aromatic carbocycles. The van der Waals surface area contributed by atoms with Gasteiger partial charge in [0.25, 0.3) is 10.0 Å². The topological polar surface area (TPSA) is 448 Å². The zero-order chi connectivity index (χ0) is 64.7. The number of rotatable bonds is 44. The zero-order valence-corrected chi connectivity index (χ0v) is 51.0. The quantitative estimate of drug-likeness (QED) is 0.0153. The number of nitrogens with zero attached hydrogens (tertiary/aromatic N) is 7. The standard InChI is InChI=1S/C55H80N14O17S2/c1-4-67(27-28-70)25-26-68(5-2)36-49(77)57-22-29-85-31-32-86-30-23-58-50(78)42(10-6-7-24-69-35-39(63-66-69)9-8-11-45(73)62-53-64-65-54(87-53)88(56,83)84)59-47(75)34-44(52(81)82)61-48(76)33-43(51(79)80)60-46(74)20-21-55(3,37-12-16-40(71)17-13-37)38-14-18-41(72)19-15-38/h12-19,28,35,42-44,71-72H,4-11,20-27,29-34,36H2,1-3H3,(H,57,77)(H,58,78)(H,59,75)(H,60,74)(H,61,76)(H,79,80)(H,81,82)(H2,56,83,84)(H,62,64,73)/t42-,43-,44-/m0/s1. The van der Waals surface area contributed by atoms with Crippen molar-refractivity contribution < 1.29 is 81.5 Å². The van der Waals surface area contributed by atoms with Gasteiger partial charge in [0.1, 0.15) is 35.9 Å². The Hall–Kier alpha value is -8.08. The SMILES string of the molecule is CCN(CC=O)CCN(CC)CC(=O)NCCOCCOCCNC(=O)[C@H](CCCCn1cc(CCCC(=O)Nc2nnc(S(N)(=O)=O)s2)nn1)NC(=O)C[C@H](NC(=O)C[C@H](NC(=O)CCC(C)(c1ccc(O)cc1)c1ccc(O)cc1)C(=O)O)C(=O)O. The number of phenols is 2. The molecule has 2 aromatic heterocycles. The Balaban J connectivity index is 1.28. The predicted molar refractivity (Wildman–Crippen MR) is 317 cm³/mol. The fourth-order valence-electron chi connectivity index (χ4n) is 8.79. The van der Waals surface area contributed by atoms with E-state index in [1.54, 1.807) is 35.1 Å². The van der Waals surface area contributed by atoms with Crippen molar-refractivity contribution in [1.82, 2.24) is 61.6 Å². The summed E-state index contributed by atoms with van der Waals surface area (Å²) in [4.78, 5) is 118. The molecule has 12 N–H and O–H groups in total. The van der Waals surface area contributed by atoms with Gasteiger partial charge in [0, 0.05) is 57.2 Å². The number of nitrogens with one attached hydrogen (secondary N) is 6. The van der Waals surface area contributed by atoms with Gasteiger partial charge >= 0.3 is 11.9 Å². The average molecular weight is 1270 g/mol. The molecule has 88 heavy (non-hydrogen) atoms. The van der Waals surface area contributed by atoms with E-state index in [1.807, 2.05) is 30.6 Å². The molecule has 6 amide bonds. The summed E-state index contributed by atoms with van der Waals surface area (Å²) in [5.41, 5.74) is 1.09. The lowest BCUT2D eigenvalue weighted by Crippen LogP contribution is -2.51. The van der Waals surface area contributed by atoms with Crippen LogP contribution in [0, 0.1) is 0 Å². The van der Waals surface area contributed by atoms with E-state index >= 15 is 0 Å². The van der Waals surface area contributed by atoms with E-state index in [0.29, 0.717) is 86.6 Å². The first-order valence-electron chi connectivity index (χ1n) is 28.5. The highest BCUT2D eigenvalue weighted by Gasteiger charge is 2.33. The minimum Gasteiger partial charge on any atom is -0.508 e. The number of likely N-dealkylation sites (N-methyl/N-ethyl adjacent to an activating group) is 2. The molecule has 484 valence electrons. The molecule has 0 bridgehead atoms. The van der Waals surface area contributed by atoms with Crippen LogP contribution >= 0.6 is 11.3 Å². The highest BCUT2D eigenvalue weighted by atomic mass is 32.2. The number of aryl methyl sites for hydroxylation is 2. The van der Waals surface area contributed by atoms with Gasteiger partial charge in [0.15, 0.2) is 0 Å². The molecule has 0 unspecified atom stereocenters. The number of sulfonamides is 1. The van der Waals surface area contributed by atoms with Gasteiger partial charge in [0.05, 0.1) is 58.1 Å². The number of nitrogens with two attached hydrogens (primary N) is 1. The Morgan fingerprint density at radius 3 is 1.81 bits per heavy atom. The maximum absolute atomic E-state index is 13.6. The summed E-state index contributed by atoms with van der Waals surface area (Å²) in [7, 11) is -4.07. The Labute approximate surface area is 512 Å². The number of hydrogen-bond donors (Lipinski definition) is 11. The summed E-state index contributed by atoms with van der Waals surface area (Å²) >= 11 is 0.612. The third kappa shape index (κ3) is 26.5. The Bertz CT molecular complexity index is 2980. The second kappa shape index (κ2) is 37.6. The van der Waals surface area contributed by atoms with E-state index in [1.165, 1.54) is 24.3 Å². The maximum Gasteiger partial charge on any atom is 0.326 e. The van der Waals surface area contributed by atoms with Gasteiger partial charge in [-0.25, -0.2) is 23.1 Å². The minimum absolute atomic E-state index is 0.00332. The number of anilines is 1. The fourth-order valence-corrected chi connectivity index (χ4v) is 10.1. The van der Waals surface area contributed by atoms with Crippen molar-refractivity contribution in [3.8, 4) is 11.5 Å². The fraction of sp³-hybridized carbons (Fsp3) is 0.545. The van der Waals surface area contributed by atoms with Crippen LogP contribution in [0.3, 0.4) is 0 Å². The van der Waals surface area contributed by atoms with Crippen molar-refractivity contribution in [2.75, 3.05) is 84.1 Å². The summed E-state index contributed by atoms with van der Waals surface area (Å²) in [5.74, 6) is -7.31. The molecule has 33 heteroatoms. The van der Waals surface area contributed by atoms with Crippen molar-refractivity contribution in [2.24, 2.45) is 5.14 Å². The molecule has 0 saturated heterocycles. The van der Waals surface area contributed by atoms with Crippen molar-refractivity contribution >= 4 is 80.2 Å². The second-order valence-electron chi connectivity index (χ2n) is 20.5. The molecule has 0 fully saturated rings. The molecule has 0 aliphatic heterocycles. The molecule has 2 heterocycles. The first-order valence-corrected chi connectivity index (χ1v) is 30.8. The molecule has 3 atom stereocenters. The minimum atomic E-state index is -4.07. The number of benzene rings is 2. The lowest BCUT2D eigenvalue weighted by Gasteiger charge is -2.31. The largest absolute Gasteiger partial charge is 0.508 e. The number of hydrogen-bond acceptors (Lipinski definition) is 22. The Morgan fingerprint density at radius 1 is 0.705 bits per heavy atom. The molecule has 4 aromatic rings. The van der Waals surface area contributed by atoms with Crippen LogP contribution in [-0.4, -0.2) is 214 Å². The van der Waals surface area contributed by atoms with Crippen LogP contribution in [0.4, 0.5) is 5.13 Å². The lowest BCUT2D eigenvalue weighted by molar-refractivity contribution is -0.145. The van der Waals surface area contributed by atoms with Crippen LogP contribution in [0.2, 0.25) is 0 Å². The number of aldehydes is 1. The number of aromatic hydroxyl groups is 2. The third-order valence-corrected chi connectivity index (χ3v) is 16.0. The zero-order valence-electron chi connectivity index (χ0n) is 49.4. The van der Waals surface area contributed by atoms with Crippen LogP contribution < -0.4 is 37.0 Å². The molecule has 31 nitrogen and oxygen atoms in total. The van der Waals surface area contributed by atoms with E-state index in [0.717, 1.165) is 12.8 Å². The van der Waals surface area contributed by atoms with Crippen LogP contribution in [-0.2, 0) is 81.0 Å². The molecule has 0 aliphatic rings. The van der Waals surface area contributed by atoms with E-state index in [4.69, 9.17) is 14.6 Å². The summed E-state index contributed by atoms with van der Waals surface area (Å²) in [6, 6.07) is 7.62. The highest BCUT2D eigenvalue weighted by Crippen LogP contribution is 2.38. The van der Waals surface area contributed by atoms with Gasteiger partial charge in [-0.2, -0.15) is 0 Å².